The van der Waals surface area contributed by atoms with E-state index in [0.29, 0.717) is 15.0 Å². The molecular weight excluding hydrogens is 178 g/mol. The normalized spacial score (nSPS) is 42.2. The molecule has 76 valence electrons. The first kappa shape index (κ1) is 9.85. The maximum Gasteiger partial charge on any atom is 0.0653 e. The number of rotatable bonds is 0. The molecule has 0 aliphatic carbocycles. The van der Waals surface area contributed by atoms with E-state index in [-0.39, 0.29) is 0 Å². The lowest BCUT2D eigenvalue weighted by Gasteiger charge is -2.26. The van der Waals surface area contributed by atoms with E-state index >= 15 is 0 Å². The van der Waals surface area contributed by atoms with Gasteiger partial charge in [-0.2, -0.15) is 0 Å². The van der Waals surface area contributed by atoms with E-state index in [1.807, 2.05) is 0 Å². The van der Waals surface area contributed by atoms with Crippen LogP contribution in [0.5, 0.6) is 0 Å². The van der Waals surface area contributed by atoms with Crippen molar-refractivity contribution < 1.29 is 0 Å². The molecule has 0 saturated carbocycles. The number of fused-ring (bicyclic) bond motifs is 1. The van der Waals surface area contributed by atoms with Crippen LogP contribution in [0.3, 0.4) is 0 Å². The Morgan fingerprint density at radius 1 is 1.00 bits per heavy atom. The zero-order valence-electron chi connectivity index (χ0n) is 9.48. The van der Waals surface area contributed by atoms with Crippen molar-refractivity contribution in [1.82, 2.24) is 4.90 Å². The SMILES string of the molecule is CC1(C)CN2CC(C)(C)S[C@]2(C)C1. The molecule has 1 nitrogen and oxygen atoms in total. The predicted molar refractivity (Wildman–Crippen MR) is 60.0 cm³/mol. The Morgan fingerprint density at radius 2 is 1.62 bits per heavy atom. The molecular formula is C11H21NS. The van der Waals surface area contributed by atoms with Crippen molar-refractivity contribution in [2.45, 2.75) is 50.7 Å². The van der Waals surface area contributed by atoms with Crippen LogP contribution in [0.1, 0.15) is 41.0 Å². The first-order chi connectivity index (χ1) is 5.73. The third-order valence-corrected chi connectivity index (χ3v) is 4.69. The molecule has 2 heterocycles. The zero-order chi connectivity index (χ0) is 9.91. The Kier molecular flexibility index (Phi) is 1.86. The first-order valence-electron chi connectivity index (χ1n) is 5.18. The minimum atomic E-state index is 0.424. The van der Waals surface area contributed by atoms with Gasteiger partial charge in [0, 0.05) is 17.8 Å². The van der Waals surface area contributed by atoms with Crippen LogP contribution in [-0.2, 0) is 0 Å². The lowest BCUT2D eigenvalue weighted by Crippen LogP contribution is -2.33. The standard InChI is InChI=1S/C11H21NS/c1-9(2)6-11(5)12(7-9)8-10(3,4)13-11/h6-8H2,1-5H3/t11-/m1/s1. The molecule has 0 bridgehead atoms. The van der Waals surface area contributed by atoms with Gasteiger partial charge in [-0.3, -0.25) is 4.90 Å². The van der Waals surface area contributed by atoms with Crippen LogP contribution in [0.15, 0.2) is 0 Å². The van der Waals surface area contributed by atoms with Crippen molar-refractivity contribution >= 4 is 11.8 Å². The Bertz CT molecular complexity index is 212. The van der Waals surface area contributed by atoms with Crippen LogP contribution in [0.4, 0.5) is 0 Å². The molecule has 1 atom stereocenters. The fourth-order valence-corrected chi connectivity index (χ4v) is 5.28. The summed E-state index contributed by atoms with van der Waals surface area (Å²) < 4.78 is 0.464. The van der Waals surface area contributed by atoms with E-state index in [4.69, 9.17) is 0 Å². The fraction of sp³-hybridized carbons (Fsp3) is 1.00. The van der Waals surface area contributed by atoms with E-state index in [2.05, 4.69) is 51.3 Å². The average Bonchev–Trinajstić information content (AvgIpc) is 2.06. The van der Waals surface area contributed by atoms with E-state index in [1.165, 1.54) is 19.5 Å². The van der Waals surface area contributed by atoms with Gasteiger partial charge < -0.3 is 0 Å². The Balaban J connectivity index is 2.20. The lowest BCUT2D eigenvalue weighted by atomic mass is 9.91. The molecule has 0 aromatic rings. The molecule has 0 N–H and O–H groups in total. The second-order valence-corrected chi connectivity index (χ2v) is 8.42. The molecule has 0 spiro atoms. The minimum Gasteiger partial charge on any atom is -0.287 e. The Hall–Kier alpha value is 0.310. The summed E-state index contributed by atoms with van der Waals surface area (Å²) in [6.07, 6.45) is 1.34. The highest BCUT2D eigenvalue weighted by Gasteiger charge is 2.54. The maximum absolute atomic E-state index is 2.68. The summed E-state index contributed by atoms with van der Waals surface area (Å²) in [4.78, 5) is 3.10. The van der Waals surface area contributed by atoms with Gasteiger partial charge in [0.15, 0.2) is 0 Å². The molecule has 2 heteroatoms. The van der Waals surface area contributed by atoms with Crippen LogP contribution in [-0.4, -0.2) is 27.6 Å². The van der Waals surface area contributed by atoms with Gasteiger partial charge in [-0.05, 0) is 32.6 Å². The van der Waals surface area contributed by atoms with Crippen molar-refractivity contribution in [3.05, 3.63) is 0 Å². The number of hydrogen-bond acceptors (Lipinski definition) is 2. The van der Waals surface area contributed by atoms with Crippen LogP contribution in [0.2, 0.25) is 0 Å². The second-order valence-electron chi connectivity index (χ2n) is 6.23. The molecule has 2 saturated heterocycles. The fourth-order valence-electron chi connectivity index (χ4n) is 3.15. The van der Waals surface area contributed by atoms with Gasteiger partial charge in [0.2, 0.25) is 0 Å². The van der Waals surface area contributed by atoms with E-state index in [0.717, 1.165) is 0 Å². The molecule has 0 radical (unpaired) electrons. The van der Waals surface area contributed by atoms with Gasteiger partial charge in [0.25, 0.3) is 0 Å². The van der Waals surface area contributed by atoms with Crippen LogP contribution in [0.25, 0.3) is 0 Å². The summed E-state index contributed by atoms with van der Waals surface area (Å²) >= 11 is 2.17. The quantitative estimate of drug-likeness (QED) is 0.590. The van der Waals surface area contributed by atoms with Crippen LogP contribution in [0, 0.1) is 5.41 Å². The molecule has 0 unspecified atom stereocenters. The highest BCUT2D eigenvalue weighted by molar-refractivity contribution is 8.02. The largest absolute Gasteiger partial charge is 0.287 e. The molecule has 2 aliphatic heterocycles. The van der Waals surface area contributed by atoms with Gasteiger partial charge in [-0.1, -0.05) is 13.8 Å². The number of hydrogen-bond donors (Lipinski definition) is 0. The van der Waals surface area contributed by atoms with Crippen LogP contribution < -0.4 is 0 Å². The summed E-state index contributed by atoms with van der Waals surface area (Å²) in [7, 11) is 0. The lowest BCUT2D eigenvalue weighted by molar-refractivity contribution is 0.241. The molecule has 2 rings (SSSR count). The van der Waals surface area contributed by atoms with Crippen molar-refractivity contribution in [3.8, 4) is 0 Å². The molecule has 0 aromatic heterocycles. The number of nitrogens with zero attached hydrogens (tertiary/aromatic N) is 1. The van der Waals surface area contributed by atoms with Crippen molar-refractivity contribution in [1.29, 1.82) is 0 Å². The molecule has 0 aromatic carbocycles. The smallest absolute Gasteiger partial charge is 0.0653 e. The maximum atomic E-state index is 2.68. The van der Waals surface area contributed by atoms with Gasteiger partial charge >= 0.3 is 0 Å². The second kappa shape index (κ2) is 2.46. The molecule has 2 fully saturated rings. The summed E-state index contributed by atoms with van der Waals surface area (Å²) in [5.41, 5.74) is 0.526. The van der Waals surface area contributed by atoms with Gasteiger partial charge in [0.05, 0.1) is 4.87 Å². The van der Waals surface area contributed by atoms with Crippen molar-refractivity contribution in [3.63, 3.8) is 0 Å². The summed E-state index contributed by atoms with van der Waals surface area (Å²) in [5, 5.41) is 0. The van der Waals surface area contributed by atoms with Gasteiger partial charge in [0.1, 0.15) is 0 Å². The van der Waals surface area contributed by atoms with Crippen molar-refractivity contribution in [2.75, 3.05) is 13.1 Å². The third kappa shape index (κ3) is 1.63. The minimum absolute atomic E-state index is 0.424. The van der Waals surface area contributed by atoms with Crippen LogP contribution >= 0.6 is 11.8 Å². The Labute approximate surface area is 86.3 Å². The summed E-state index contributed by atoms with van der Waals surface area (Å²) in [6.45, 7) is 14.5. The van der Waals surface area contributed by atoms with E-state index in [9.17, 15) is 0 Å². The van der Waals surface area contributed by atoms with E-state index < -0.39 is 0 Å². The monoisotopic (exact) mass is 199 g/mol. The third-order valence-electron chi connectivity index (χ3n) is 3.16. The van der Waals surface area contributed by atoms with E-state index in [1.54, 1.807) is 0 Å². The highest BCUT2D eigenvalue weighted by atomic mass is 32.2. The topological polar surface area (TPSA) is 3.24 Å². The molecule has 13 heavy (non-hydrogen) atoms. The summed E-state index contributed by atoms with van der Waals surface area (Å²) in [6, 6.07) is 0. The highest BCUT2D eigenvalue weighted by Crippen LogP contribution is 2.56. The molecule has 2 aliphatic rings. The predicted octanol–water partition coefficient (Wildman–Crippen LogP) is 2.96. The van der Waals surface area contributed by atoms with Crippen molar-refractivity contribution in [2.24, 2.45) is 5.41 Å². The first-order valence-corrected chi connectivity index (χ1v) is 6.00. The average molecular weight is 199 g/mol. The summed E-state index contributed by atoms with van der Waals surface area (Å²) in [5.74, 6) is 0. The van der Waals surface area contributed by atoms with Gasteiger partial charge in [-0.15, -0.1) is 11.8 Å². The van der Waals surface area contributed by atoms with Gasteiger partial charge in [-0.25, -0.2) is 0 Å². The number of thioether (sulfide) groups is 1. The Morgan fingerprint density at radius 3 is 2.15 bits per heavy atom. The molecule has 0 amide bonds. The zero-order valence-corrected chi connectivity index (χ0v) is 10.3.